The Morgan fingerprint density at radius 3 is 2.24 bits per heavy atom. The van der Waals surface area contributed by atoms with Crippen LogP contribution in [0.15, 0.2) is 12.1 Å². The molecule has 1 rings (SSSR count). The number of benzene rings is 1. The summed E-state index contributed by atoms with van der Waals surface area (Å²) in [5, 5.41) is 20.0. The summed E-state index contributed by atoms with van der Waals surface area (Å²) in [6, 6.07) is 2.72. The van der Waals surface area contributed by atoms with Crippen molar-refractivity contribution in [1.29, 1.82) is 0 Å². The lowest BCUT2D eigenvalue weighted by molar-refractivity contribution is -0.386. The summed E-state index contributed by atoms with van der Waals surface area (Å²) in [6.07, 6.45) is 0. The topological polar surface area (TPSA) is 80.4 Å². The van der Waals surface area contributed by atoms with Crippen LogP contribution in [0, 0.1) is 17.0 Å². The Kier molecular flexibility index (Phi) is 3.22. The van der Waals surface area contributed by atoms with Gasteiger partial charge in [0.25, 0.3) is 5.69 Å². The highest BCUT2D eigenvalue weighted by Crippen LogP contribution is 2.33. The molecule has 0 fully saturated rings. The molecule has 0 aliphatic heterocycles. The highest BCUT2D eigenvalue weighted by atomic mass is 16.6. The van der Waals surface area contributed by atoms with Gasteiger partial charge < -0.3 is 5.11 Å². The number of rotatable bonds is 2. The summed E-state index contributed by atoms with van der Waals surface area (Å²) in [4.78, 5) is 21.5. The molecule has 0 aliphatic carbocycles. The summed E-state index contributed by atoms with van der Waals surface area (Å²) in [5.41, 5.74) is 0.448. The molecule has 5 heteroatoms. The lowest BCUT2D eigenvalue weighted by Crippen LogP contribution is -2.16. The first kappa shape index (κ1) is 13.2. The van der Waals surface area contributed by atoms with Gasteiger partial charge in [0.15, 0.2) is 0 Å². The van der Waals surface area contributed by atoms with E-state index < -0.39 is 16.3 Å². The van der Waals surface area contributed by atoms with Crippen LogP contribution in [-0.4, -0.2) is 16.0 Å². The van der Waals surface area contributed by atoms with Crippen LogP contribution in [0.4, 0.5) is 5.69 Å². The minimum absolute atomic E-state index is 0.0278. The molecule has 0 aromatic heterocycles. The molecular weight excluding hydrogens is 222 g/mol. The number of carboxylic acid groups (broad SMARTS) is 1. The Balaban J connectivity index is 3.60. The largest absolute Gasteiger partial charge is 0.478 e. The maximum Gasteiger partial charge on any atom is 0.335 e. The van der Waals surface area contributed by atoms with E-state index in [0.717, 1.165) is 0 Å². The SMILES string of the molecule is Cc1cc([N+](=O)[O-])c(C(C)(C)C)cc1C(=O)O. The Hall–Kier alpha value is -1.91. The van der Waals surface area contributed by atoms with E-state index >= 15 is 0 Å². The van der Waals surface area contributed by atoms with Gasteiger partial charge in [-0.05, 0) is 24.0 Å². The van der Waals surface area contributed by atoms with E-state index in [-0.39, 0.29) is 11.3 Å². The maximum absolute atomic E-state index is 11.0. The molecule has 92 valence electrons. The van der Waals surface area contributed by atoms with Crippen molar-refractivity contribution in [2.24, 2.45) is 0 Å². The first-order valence-corrected chi connectivity index (χ1v) is 5.17. The third-order valence-electron chi connectivity index (χ3n) is 2.58. The maximum atomic E-state index is 11.0. The second-order valence-electron chi connectivity index (χ2n) is 5.00. The van der Waals surface area contributed by atoms with Crippen LogP contribution < -0.4 is 0 Å². The van der Waals surface area contributed by atoms with Crippen molar-refractivity contribution in [1.82, 2.24) is 0 Å². The van der Waals surface area contributed by atoms with Gasteiger partial charge in [0.1, 0.15) is 0 Å². The molecule has 0 spiro atoms. The molecule has 0 bridgehead atoms. The number of hydrogen-bond acceptors (Lipinski definition) is 3. The van der Waals surface area contributed by atoms with Crippen LogP contribution in [0.5, 0.6) is 0 Å². The summed E-state index contributed by atoms with van der Waals surface area (Å²) in [5.74, 6) is -1.07. The molecule has 17 heavy (non-hydrogen) atoms. The lowest BCUT2D eigenvalue weighted by atomic mass is 9.84. The number of nitrogens with zero attached hydrogens (tertiary/aromatic N) is 1. The molecule has 1 N–H and O–H groups in total. The third-order valence-corrected chi connectivity index (χ3v) is 2.58. The molecule has 1 aromatic carbocycles. The fraction of sp³-hybridized carbons (Fsp3) is 0.417. The second kappa shape index (κ2) is 4.16. The summed E-state index contributed by atoms with van der Waals surface area (Å²) >= 11 is 0. The van der Waals surface area contributed by atoms with Crippen molar-refractivity contribution in [2.75, 3.05) is 0 Å². The van der Waals surface area contributed by atoms with Gasteiger partial charge in [-0.25, -0.2) is 4.79 Å². The van der Waals surface area contributed by atoms with Crippen LogP contribution in [-0.2, 0) is 5.41 Å². The van der Waals surface area contributed by atoms with Crippen molar-refractivity contribution in [3.05, 3.63) is 38.9 Å². The average Bonchev–Trinajstić information content (AvgIpc) is 2.14. The van der Waals surface area contributed by atoms with Gasteiger partial charge in [0.05, 0.1) is 10.5 Å². The van der Waals surface area contributed by atoms with Crippen molar-refractivity contribution in [2.45, 2.75) is 33.1 Å². The van der Waals surface area contributed by atoms with E-state index in [1.54, 1.807) is 6.92 Å². The molecule has 1 aromatic rings. The van der Waals surface area contributed by atoms with Crippen LogP contribution in [0.3, 0.4) is 0 Å². The van der Waals surface area contributed by atoms with E-state index in [4.69, 9.17) is 5.11 Å². The van der Waals surface area contributed by atoms with E-state index in [2.05, 4.69) is 0 Å². The van der Waals surface area contributed by atoms with Gasteiger partial charge in [0, 0.05) is 11.6 Å². The fourth-order valence-corrected chi connectivity index (χ4v) is 1.67. The van der Waals surface area contributed by atoms with Crippen LogP contribution in [0.1, 0.15) is 42.3 Å². The Labute approximate surface area is 99.2 Å². The predicted octanol–water partition coefficient (Wildman–Crippen LogP) is 2.90. The normalized spacial score (nSPS) is 11.3. The molecule has 0 saturated carbocycles. The van der Waals surface area contributed by atoms with Gasteiger partial charge in [-0.3, -0.25) is 10.1 Å². The van der Waals surface area contributed by atoms with Crippen molar-refractivity contribution >= 4 is 11.7 Å². The van der Waals surface area contributed by atoms with Gasteiger partial charge in [0.2, 0.25) is 0 Å². The number of carboxylic acids is 1. The quantitative estimate of drug-likeness (QED) is 0.633. The van der Waals surface area contributed by atoms with Gasteiger partial charge in [-0.1, -0.05) is 20.8 Å². The summed E-state index contributed by atoms with van der Waals surface area (Å²) < 4.78 is 0. The first-order chi connectivity index (χ1) is 7.64. The Morgan fingerprint density at radius 2 is 1.88 bits per heavy atom. The van der Waals surface area contributed by atoms with E-state index in [1.165, 1.54) is 12.1 Å². The highest BCUT2D eigenvalue weighted by molar-refractivity contribution is 5.90. The molecule has 0 atom stereocenters. The third kappa shape index (κ3) is 2.61. The van der Waals surface area contributed by atoms with Gasteiger partial charge in [-0.15, -0.1) is 0 Å². The summed E-state index contributed by atoms with van der Waals surface area (Å²) in [7, 11) is 0. The second-order valence-corrected chi connectivity index (χ2v) is 5.00. The molecule has 0 amide bonds. The lowest BCUT2D eigenvalue weighted by Gasteiger charge is -2.20. The van der Waals surface area contributed by atoms with Crippen molar-refractivity contribution in [3.8, 4) is 0 Å². The predicted molar refractivity (Wildman–Crippen MR) is 63.5 cm³/mol. The zero-order valence-corrected chi connectivity index (χ0v) is 10.3. The van der Waals surface area contributed by atoms with E-state index in [0.29, 0.717) is 11.1 Å². The van der Waals surface area contributed by atoms with Crippen LogP contribution >= 0.6 is 0 Å². The number of aryl methyl sites for hydroxylation is 1. The molecule has 0 unspecified atom stereocenters. The molecule has 0 saturated heterocycles. The van der Waals surface area contributed by atoms with Gasteiger partial charge >= 0.3 is 5.97 Å². The molecule has 0 aliphatic rings. The molecule has 5 nitrogen and oxygen atoms in total. The number of nitro benzene ring substituents is 1. The standard InChI is InChI=1S/C12H15NO4/c1-7-5-10(13(16)17)9(12(2,3)4)6-8(7)11(14)15/h5-6H,1-4H3,(H,14,15). The Morgan fingerprint density at radius 1 is 1.35 bits per heavy atom. The average molecular weight is 237 g/mol. The minimum atomic E-state index is -1.07. The van der Waals surface area contributed by atoms with Crippen molar-refractivity contribution in [3.63, 3.8) is 0 Å². The zero-order chi connectivity index (χ0) is 13.4. The van der Waals surface area contributed by atoms with E-state index in [1.807, 2.05) is 20.8 Å². The molecular formula is C12H15NO4. The van der Waals surface area contributed by atoms with Crippen LogP contribution in [0.2, 0.25) is 0 Å². The number of nitro groups is 1. The molecule has 0 heterocycles. The smallest absolute Gasteiger partial charge is 0.335 e. The monoisotopic (exact) mass is 237 g/mol. The number of hydrogen-bond donors (Lipinski definition) is 1. The number of aromatic carboxylic acids is 1. The summed E-state index contributed by atoms with van der Waals surface area (Å²) in [6.45, 7) is 7.01. The highest BCUT2D eigenvalue weighted by Gasteiger charge is 2.27. The number of carbonyl (C=O) groups is 1. The minimum Gasteiger partial charge on any atom is -0.478 e. The van der Waals surface area contributed by atoms with Gasteiger partial charge in [-0.2, -0.15) is 0 Å². The fourth-order valence-electron chi connectivity index (χ4n) is 1.67. The molecule has 0 radical (unpaired) electrons. The van der Waals surface area contributed by atoms with Crippen LogP contribution in [0.25, 0.3) is 0 Å². The zero-order valence-electron chi connectivity index (χ0n) is 10.3. The van der Waals surface area contributed by atoms with E-state index in [9.17, 15) is 14.9 Å². The first-order valence-electron chi connectivity index (χ1n) is 5.17. The Bertz CT molecular complexity index is 486. The van der Waals surface area contributed by atoms with Crippen molar-refractivity contribution < 1.29 is 14.8 Å².